The van der Waals surface area contributed by atoms with Gasteiger partial charge in [-0.25, -0.2) is 18.7 Å². The number of halogens is 2. The van der Waals surface area contributed by atoms with Crippen molar-refractivity contribution in [3.8, 4) is 11.3 Å². The molecule has 0 spiro atoms. The van der Waals surface area contributed by atoms with E-state index in [1.807, 2.05) is 23.3 Å². The third-order valence-electron chi connectivity index (χ3n) is 8.14. The minimum Gasteiger partial charge on any atom is -0.389 e. The Kier molecular flexibility index (Phi) is 7.93. The number of rotatable bonds is 6. The molecule has 0 unspecified atom stereocenters. The van der Waals surface area contributed by atoms with Gasteiger partial charge in [-0.2, -0.15) is 0 Å². The molecule has 11 heteroatoms. The van der Waals surface area contributed by atoms with Gasteiger partial charge >= 0.3 is 0 Å². The molecular weight excluding hydrogens is 520 g/mol. The minimum atomic E-state index is -1.39. The van der Waals surface area contributed by atoms with E-state index in [0.29, 0.717) is 54.6 Å². The monoisotopic (exact) mass is 557 g/mol. The van der Waals surface area contributed by atoms with Gasteiger partial charge in [-0.15, -0.1) is 0 Å². The summed E-state index contributed by atoms with van der Waals surface area (Å²) < 4.78 is 37.0. The lowest BCUT2D eigenvalue weighted by Gasteiger charge is -2.39. The van der Waals surface area contributed by atoms with Gasteiger partial charge in [0.15, 0.2) is 11.2 Å². The van der Waals surface area contributed by atoms with E-state index in [-0.39, 0.29) is 42.3 Å². The Balaban J connectivity index is 1.55. The Morgan fingerprint density at radius 1 is 1.32 bits per heavy atom. The van der Waals surface area contributed by atoms with E-state index in [1.165, 1.54) is 6.92 Å². The number of aliphatic hydroxyl groups is 2. The fourth-order valence-electron chi connectivity index (χ4n) is 5.62. The van der Waals surface area contributed by atoms with Gasteiger partial charge in [0.1, 0.15) is 11.9 Å². The van der Waals surface area contributed by atoms with Crippen LogP contribution in [0.4, 0.5) is 14.7 Å². The zero-order chi connectivity index (χ0) is 28.8. The van der Waals surface area contributed by atoms with Crippen LogP contribution in [-0.2, 0) is 11.3 Å². The zero-order valence-corrected chi connectivity index (χ0v) is 23.3. The molecule has 2 aliphatic heterocycles. The van der Waals surface area contributed by atoms with Crippen LogP contribution in [0.5, 0.6) is 0 Å². The standard InChI is InChI=1S/C29H37F2N5O4/c1-16(2)36-22-11-18(26-20(30)12-32-28(34-26)33-21-7-10-40-15-24(21)37)5-6-19(22)27(38)17(3)23(36)13-35-9-8-29(4,39)25(31)14-35/h5-6,11-12,16,21,24-25,37,39H,7-10,13-15H2,1-4H3,(H,32,33,34)/t21-,24-,25+,29-/m1/s1. The lowest BCUT2D eigenvalue weighted by molar-refractivity contribution is -0.0732. The maximum absolute atomic E-state index is 15.0. The molecule has 0 bridgehead atoms. The summed E-state index contributed by atoms with van der Waals surface area (Å²) in [6.07, 6.45) is -0.167. The first kappa shape index (κ1) is 28.5. The third-order valence-corrected chi connectivity index (χ3v) is 8.14. The Labute approximate surface area is 231 Å². The van der Waals surface area contributed by atoms with E-state index in [0.717, 1.165) is 11.9 Å². The summed E-state index contributed by atoms with van der Waals surface area (Å²) in [4.78, 5) is 23.9. The van der Waals surface area contributed by atoms with Crippen molar-refractivity contribution in [1.29, 1.82) is 0 Å². The molecule has 2 aromatic heterocycles. The Bertz CT molecular complexity index is 1460. The number of fused-ring (bicyclic) bond motifs is 1. The van der Waals surface area contributed by atoms with Crippen LogP contribution < -0.4 is 10.7 Å². The number of anilines is 1. The van der Waals surface area contributed by atoms with Crippen LogP contribution in [0.1, 0.15) is 50.9 Å². The molecule has 0 radical (unpaired) electrons. The Morgan fingerprint density at radius 3 is 2.80 bits per heavy atom. The fraction of sp³-hybridized carbons (Fsp3) is 0.552. The minimum absolute atomic E-state index is 0.0522. The van der Waals surface area contributed by atoms with Crippen molar-refractivity contribution in [3.63, 3.8) is 0 Å². The lowest BCUT2D eigenvalue weighted by Crippen LogP contribution is -2.51. The summed E-state index contributed by atoms with van der Waals surface area (Å²) in [5.41, 5.74) is 1.03. The van der Waals surface area contributed by atoms with Gasteiger partial charge in [0.05, 0.1) is 36.1 Å². The second-order valence-corrected chi connectivity index (χ2v) is 11.5. The number of nitrogens with one attached hydrogen (secondary N) is 1. The number of hydrogen-bond acceptors (Lipinski definition) is 8. The summed E-state index contributed by atoms with van der Waals surface area (Å²) in [5, 5.41) is 24.1. The number of nitrogens with zero attached hydrogens (tertiary/aromatic N) is 4. The molecule has 4 heterocycles. The smallest absolute Gasteiger partial charge is 0.223 e. The molecule has 9 nitrogen and oxygen atoms in total. The summed E-state index contributed by atoms with van der Waals surface area (Å²) in [6, 6.07) is 4.75. The highest BCUT2D eigenvalue weighted by atomic mass is 19.1. The van der Waals surface area contributed by atoms with Crippen molar-refractivity contribution in [2.75, 3.05) is 31.6 Å². The highest BCUT2D eigenvalue weighted by molar-refractivity contribution is 5.85. The van der Waals surface area contributed by atoms with Crippen molar-refractivity contribution >= 4 is 16.9 Å². The van der Waals surface area contributed by atoms with Crippen molar-refractivity contribution < 1.29 is 23.7 Å². The topological polar surface area (TPSA) is 113 Å². The van der Waals surface area contributed by atoms with Gasteiger partial charge < -0.3 is 24.8 Å². The largest absolute Gasteiger partial charge is 0.389 e. The second-order valence-electron chi connectivity index (χ2n) is 11.5. The normalized spacial score (nSPS) is 26.0. The van der Waals surface area contributed by atoms with Crippen LogP contribution in [0.3, 0.4) is 0 Å². The summed E-state index contributed by atoms with van der Waals surface area (Å²) in [7, 11) is 0. The van der Waals surface area contributed by atoms with E-state index in [9.17, 15) is 19.4 Å². The second kappa shape index (κ2) is 11.1. The van der Waals surface area contributed by atoms with Crippen molar-refractivity contribution in [3.05, 3.63) is 51.7 Å². The van der Waals surface area contributed by atoms with Crippen LogP contribution in [0.2, 0.25) is 0 Å². The quantitative estimate of drug-likeness (QED) is 0.423. The highest BCUT2D eigenvalue weighted by Gasteiger charge is 2.38. The molecule has 4 atom stereocenters. The zero-order valence-electron chi connectivity index (χ0n) is 23.3. The predicted octanol–water partition coefficient (Wildman–Crippen LogP) is 3.34. The number of ether oxygens (including phenoxy) is 1. The molecule has 2 fully saturated rings. The molecule has 3 N–H and O–H groups in total. The van der Waals surface area contributed by atoms with Gasteiger partial charge in [-0.1, -0.05) is 6.07 Å². The van der Waals surface area contributed by atoms with Gasteiger partial charge in [0.2, 0.25) is 5.95 Å². The molecule has 0 saturated carbocycles. The average molecular weight is 558 g/mol. The molecule has 0 amide bonds. The number of alkyl halides is 1. The molecule has 5 rings (SSSR count). The maximum atomic E-state index is 15.0. The summed E-state index contributed by atoms with van der Waals surface area (Å²) >= 11 is 0. The van der Waals surface area contributed by atoms with E-state index < -0.39 is 23.7 Å². The highest BCUT2D eigenvalue weighted by Crippen LogP contribution is 2.30. The molecule has 40 heavy (non-hydrogen) atoms. The molecular formula is C29H37F2N5O4. The molecule has 3 aromatic rings. The average Bonchev–Trinajstić information content (AvgIpc) is 2.91. The van der Waals surface area contributed by atoms with Crippen LogP contribution in [0, 0.1) is 12.7 Å². The fourth-order valence-corrected chi connectivity index (χ4v) is 5.62. The molecule has 0 aliphatic carbocycles. The van der Waals surface area contributed by atoms with Crippen molar-refractivity contribution in [2.24, 2.45) is 0 Å². The summed E-state index contributed by atoms with van der Waals surface area (Å²) in [6.45, 7) is 8.92. The number of aliphatic hydroxyl groups excluding tert-OH is 1. The first-order valence-corrected chi connectivity index (χ1v) is 13.8. The number of likely N-dealkylation sites (tertiary alicyclic amines) is 1. The van der Waals surface area contributed by atoms with Crippen LogP contribution in [0.25, 0.3) is 22.2 Å². The third kappa shape index (κ3) is 5.47. The van der Waals surface area contributed by atoms with Crippen molar-refractivity contribution in [1.82, 2.24) is 19.4 Å². The first-order valence-electron chi connectivity index (χ1n) is 13.8. The predicted molar refractivity (Wildman–Crippen MR) is 149 cm³/mol. The van der Waals surface area contributed by atoms with E-state index in [1.54, 1.807) is 25.1 Å². The Morgan fingerprint density at radius 2 is 2.10 bits per heavy atom. The van der Waals surface area contributed by atoms with Gasteiger partial charge in [-0.05, 0) is 52.7 Å². The summed E-state index contributed by atoms with van der Waals surface area (Å²) in [5.74, 6) is -0.424. The number of hydrogen-bond donors (Lipinski definition) is 3. The SMILES string of the molecule is Cc1c(CN2CC[C@@](C)(O)[C@@H](F)C2)n(C(C)C)c2cc(-c3nc(N[C@@H]4CCOC[C@H]4O)ncc3F)ccc2c1=O. The number of pyridine rings is 1. The number of aromatic nitrogens is 3. The molecule has 1 aromatic carbocycles. The van der Waals surface area contributed by atoms with E-state index >= 15 is 4.39 Å². The van der Waals surface area contributed by atoms with Gasteiger partial charge in [0, 0.05) is 54.5 Å². The van der Waals surface area contributed by atoms with Crippen LogP contribution in [0.15, 0.2) is 29.2 Å². The van der Waals surface area contributed by atoms with Crippen LogP contribution >= 0.6 is 0 Å². The number of piperidine rings is 1. The molecule has 2 aliphatic rings. The van der Waals surface area contributed by atoms with Crippen LogP contribution in [-0.4, -0.2) is 79.9 Å². The first-order chi connectivity index (χ1) is 19.0. The van der Waals surface area contributed by atoms with Crippen molar-refractivity contribution in [2.45, 2.75) is 77.0 Å². The maximum Gasteiger partial charge on any atom is 0.223 e. The number of benzene rings is 1. The lowest BCUT2D eigenvalue weighted by atomic mass is 9.91. The Hall–Kier alpha value is -2.99. The molecule has 216 valence electrons. The van der Waals surface area contributed by atoms with Gasteiger partial charge in [-0.3, -0.25) is 9.69 Å². The van der Waals surface area contributed by atoms with E-state index in [2.05, 4.69) is 15.3 Å². The van der Waals surface area contributed by atoms with E-state index in [4.69, 9.17) is 4.74 Å². The van der Waals surface area contributed by atoms with Gasteiger partial charge in [0.25, 0.3) is 0 Å². The molecule has 2 saturated heterocycles.